The number of carbonyl (C=O) groups excluding carboxylic acids is 2. The zero-order valence-electron chi connectivity index (χ0n) is 21.1. The van der Waals surface area contributed by atoms with Gasteiger partial charge in [-0.1, -0.05) is 6.07 Å². The lowest BCUT2D eigenvalue weighted by Crippen LogP contribution is -2.57. The minimum atomic E-state index is -5.03. The Morgan fingerprint density at radius 2 is 1.87 bits per heavy atom. The van der Waals surface area contributed by atoms with E-state index in [0.717, 1.165) is 34.5 Å². The predicted molar refractivity (Wildman–Crippen MR) is 134 cm³/mol. The number of fused-ring (bicyclic) bond motifs is 6. The third-order valence-electron chi connectivity index (χ3n) is 8.07. The third kappa shape index (κ3) is 3.98. The molecule has 4 heterocycles. The number of halogens is 4. The van der Waals surface area contributed by atoms with Crippen LogP contribution in [-0.2, 0) is 15.7 Å². The molecule has 1 aromatic carbocycles. The zero-order chi connectivity index (χ0) is 27.6. The molecule has 11 heteroatoms. The number of pyridine rings is 2. The van der Waals surface area contributed by atoms with Crippen molar-refractivity contribution in [2.75, 3.05) is 30.0 Å². The number of hydrogen-bond acceptors (Lipinski definition) is 5. The molecule has 3 aromatic rings. The number of hydrogen-bond donors (Lipinski definition) is 1. The molecule has 1 saturated heterocycles. The predicted octanol–water partition coefficient (Wildman–Crippen LogP) is 5.20. The molecule has 2 aromatic heterocycles. The second kappa shape index (κ2) is 9.11. The second-order valence-corrected chi connectivity index (χ2v) is 10.1. The number of nitrogens with zero attached hydrogens (tertiary/aromatic N) is 3. The Morgan fingerprint density at radius 3 is 2.59 bits per heavy atom. The maximum Gasteiger partial charge on any atom is 0.436 e. The molecule has 0 spiro atoms. The highest BCUT2D eigenvalue weighted by molar-refractivity contribution is 6.05. The maximum absolute atomic E-state index is 14.5. The van der Waals surface area contributed by atoms with E-state index in [1.165, 1.54) is 0 Å². The van der Waals surface area contributed by atoms with Crippen molar-refractivity contribution < 1.29 is 31.9 Å². The Hall–Kier alpha value is -3.86. The summed E-state index contributed by atoms with van der Waals surface area (Å²) in [6.45, 7) is 5.49. The average Bonchev–Trinajstić information content (AvgIpc) is 3.28. The van der Waals surface area contributed by atoms with Gasteiger partial charge in [0.05, 0.1) is 24.7 Å². The van der Waals surface area contributed by atoms with Gasteiger partial charge in [-0.3, -0.25) is 14.5 Å². The Morgan fingerprint density at radius 1 is 1.13 bits per heavy atom. The first-order valence-corrected chi connectivity index (χ1v) is 12.6. The molecule has 2 amide bonds. The van der Waals surface area contributed by atoms with Gasteiger partial charge >= 0.3 is 6.18 Å². The van der Waals surface area contributed by atoms with Crippen LogP contribution in [0.25, 0.3) is 11.1 Å². The van der Waals surface area contributed by atoms with Crippen LogP contribution in [0.3, 0.4) is 0 Å². The molecule has 6 rings (SSSR count). The number of amides is 2. The van der Waals surface area contributed by atoms with E-state index in [-0.39, 0.29) is 35.3 Å². The molecule has 1 aliphatic carbocycles. The number of benzene rings is 1. The standard InChI is InChI=1S/C28H24F4N4O3/c1-3-36-25-18(21-19-11-39-12-20(19)22(21)27(36)38)8-14(10-34-25)17-9-15(5-4-13(17)2)35-26(37)16-6-7-33-24(23(16)29)28(30,31)32/h4-10,19-22H,3,11-12H2,1-2H3,(H,35,37)/t19?,20?,21-,22+/m1/s1. The first-order valence-electron chi connectivity index (χ1n) is 12.6. The molecular formula is C28H24F4N4O3. The first kappa shape index (κ1) is 25.4. The fourth-order valence-electron chi connectivity index (χ4n) is 6.18. The molecule has 39 heavy (non-hydrogen) atoms. The molecule has 4 atom stereocenters. The van der Waals surface area contributed by atoms with Gasteiger partial charge in [0.2, 0.25) is 5.91 Å². The molecule has 2 aliphatic heterocycles. The number of aryl methyl sites for hydroxylation is 1. The van der Waals surface area contributed by atoms with Crippen molar-refractivity contribution in [3.8, 4) is 11.1 Å². The Balaban J connectivity index is 1.33. The van der Waals surface area contributed by atoms with Crippen LogP contribution >= 0.6 is 0 Å². The minimum Gasteiger partial charge on any atom is -0.381 e. The summed E-state index contributed by atoms with van der Waals surface area (Å²) in [5, 5.41) is 2.49. The monoisotopic (exact) mass is 540 g/mol. The van der Waals surface area contributed by atoms with E-state index in [4.69, 9.17) is 4.74 Å². The van der Waals surface area contributed by atoms with Gasteiger partial charge in [-0.05, 0) is 55.2 Å². The number of anilines is 2. The van der Waals surface area contributed by atoms with E-state index in [1.54, 1.807) is 29.3 Å². The topological polar surface area (TPSA) is 84.4 Å². The van der Waals surface area contributed by atoms with Crippen LogP contribution in [-0.4, -0.2) is 41.5 Å². The summed E-state index contributed by atoms with van der Waals surface area (Å²) in [6, 6.07) is 7.94. The summed E-state index contributed by atoms with van der Waals surface area (Å²) >= 11 is 0. The highest BCUT2D eigenvalue weighted by atomic mass is 19.4. The average molecular weight is 541 g/mol. The van der Waals surface area contributed by atoms with Crippen LogP contribution in [0.1, 0.15) is 40.0 Å². The first-order chi connectivity index (χ1) is 18.6. The summed E-state index contributed by atoms with van der Waals surface area (Å²) < 4.78 is 59.3. The zero-order valence-corrected chi connectivity index (χ0v) is 21.1. The molecular weight excluding hydrogens is 516 g/mol. The summed E-state index contributed by atoms with van der Waals surface area (Å²) in [4.78, 5) is 35.3. The fourth-order valence-corrected chi connectivity index (χ4v) is 6.18. The van der Waals surface area contributed by atoms with Crippen LogP contribution in [0.5, 0.6) is 0 Å². The number of ether oxygens (including phenoxy) is 1. The molecule has 2 unspecified atom stereocenters. The third-order valence-corrected chi connectivity index (χ3v) is 8.07. The molecule has 0 bridgehead atoms. The minimum absolute atomic E-state index is 0.0240. The van der Waals surface area contributed by atoms with Crippen molar-refractivity contribution in [2.24, 2.45) is 17.8 Å². The van der Waals surface area contributed by atoms with Gasteiger partial charge in [0.1, 0.15) is 5.82 Å². The summed E-state index contributed by atoms with van der Waals surface area (Å²) in [6.07, 6.45) is -2.61. The molecule has 2 fully saturated rings. The highest BCUT2D eigenvalue weighted by Crippen LogP contribution is 2.60. The number of aromatic nitrogens is 2. The van der Waals surface area contributed by atoms with Crippen LogP contribution in [0.15, 0.2) is 42.7 Å². The number of nitrogens with one attached hydrogen (secondary N) is 1. The van der Waals surface area contributed by atoms with Crippen molar-refractivity contribution >= 4 is 23.3 Å². The quantitative estimate of drug-likeness (QED) is 0.460. The lowest BCUT2D eigenvalue weighted by molar-refractivity contribution is -0.143. The largest absolute Gasteiger partial charge is 0.436 e. The number of carbonyl (C=O) groups is 2. The normalized spacial score (nSPS) is 23.5. The Kier molecular flexibility index (Phi) is 5.94. The molecule has 3 aliphatic rings. The van der Waals surface area contributed by atoms with Crippen molar-refractivity contribution in [3.63, 3.8) is 0 Å². The van der Waals surface area contributed by atoms with Gasteiger partial charge in [-0.2, -0.15) is 13.2 Å². The number of alkyl halides is 3. The van der Waals surface area contributed by atoms with Crippen LogP contribution in [0.2, 0.25) is 0 Å². The van der Waals surface area contributed by atoms with Gasteiger partial charge in [0.25, 0.3) is 5.91 Å². The van der Waals surface area contributed by atoms with E-state index in [2.05, 4.69) is 15.3 Å². The Labute approximate surface area is 221 Å². The lowest BCUT2D eigenvalue weighted by Gasteiger charge is -2.52. The van der Waals surface area contributed by atoms with Gasteiger partial charge in [0, 0.05) is 47.6 Å². The molecule has 1 N–H and O–H groups in total. The van der Waals surface area contributed by atoms with Crippen molar-refractivity contribution in [1.29, 1.82) is 0 Å². The van der Waals surface area contributed by atoms with Crippen LogP contribution < -0.4 is 10.2 Å². The highest BCUT2D eigenvalue weighted by Gasteiger charge is 2.60. The molecule has 202 valence electrons. The summed E-state index contributed by atoms with van der Waals surface area (Å²) in [5.41, 5.74) is 1.13. The van der Waals surface area contributed by atoms with Crippen LogP contribution in [0, 0.1) is 30.5 Å². The van der Waals surface area contributed by atoms with Crippen molar-refractivity contribution in [3.05, 3.63) is 70.9 Å². The van der Waals surface area contributed by atoms with Crippen LogP contribution in [0.4, 0.5) is 29.1 Å². The second-order valence-electron chi connectivity index (χ2n) is 10.1. The van der Waals surface area contributed by atoms with Crippen molar-refractivity contribution in [1.82, 2.24) is 9.97 Å². The van der Waals surface area contributed by atoms with E-state index >= 15 is 0 Å². The number of rotatable bonds is 4. The Bertz CT molecular complexity index is 1510. The molecule has 1 saturated carbocycles. The van der Waals surface area contributed by atoms with Gasteiger partial charge in [-0.15, -0.1) is 0 Å². The van der Waals surface area contributed by atoms with Gasteiger partial charge in [0.15, 0.2) is 11.5 Å². The van der Waals surface area contributed by atoms with Crippen molar-refractivity contribution in [2.45, 2.75) is 25.9 Å². The van der Waals surface area contributed by atoms with Gasteiger partial charge < -0.3 is 10.1 Å². The van der Waals surface area contributed by atoms with E-state index in [9.17, 15) is 27.2 Å². The van der Waals surface area contributed by atoms with E-state index < -0.39 is 29.2 Å². The fraction of sp³-hybridized carbons (Fsp3) is 0.357. The molecule has 0 radical (unpaired) electrons. The molecule has 7 nitrogen and oxygen atoms in total. The summed E-state index contributed by atoms with van der Waals surface area (Å²) in [7, 11) is 0. The SMILES string of the molecule is CCN1C(=O)[C@H]2C3COCC3[C@H]2c2cc(-c3cc(NC(=O)c4ccnc(C(F)(F)F)c4F)ccc3C)cnc21. The van der Waals surface area contributed by atoms with E-state index in [1.807, 2.05) is 19.9 Å². The van der Waals surface area contributed by atoms with E-state index in [0.29, 0.717) is 25.6 Å². The lowest BCUT2D eigenvalue weighted by atomic mass is 9.54. The van der Waals surface area contributed by atoms with Gasteiger partial charge in [-0.25, -0.2) is 14.4 Å². The summed E-state index contributed by atoms with van der Waals surface area (Å²) in [5.74, 6) is -1.67. The maximum atomic E-state index is 14.5. The smallest absolute Gasteiger partial charge is 0.381 e.